The lowest BCUT2D eigenvalue weighted by atomic mass is 9.94. The third-order valence-corrected chi connectivity index (χ3v) is 4.82. The predicted molar refractivity (Wildman–Crippen MR) is 111 cm³/mol. The van der Waals surface area contributed by atoms with Crippen LogP contribution in [0.3, 0.4) is 0 Å². The number of carbonyl (C=O) groups excluding carboxylic acids is 1. The van der Waals surface area contributed by atoms with Crippen molar-refractivity contribution in [2.45, 2.75) is 44.9 Å². The number of carboxylic acids is 1. The molecule has 150 valence electrons. The Bertz CT molecular complexity index is 834. The van der Waals surface area contributed by atoms with Crippen LogP contribution in [0.2, 0.25) is 10.0 Å². The Morgan fingerprint density at radius 3 is 2.21 bits per heavy atom. The standard InChI is InChI=1S/C21H23Cl2NO4/c1-12(25)7-19(13(2)26)24-20(21(27)28)10-14-5-3-4-6-18(14)15-8-16(22)11-17(23)9-15/h3-6,8-9,11-12,19-20,24-25H,7,10H2,1-2H3,(H,27,28)/t12?,19-,20-/m0/s1. The highest BCUT2D eigenvalue weighted by Gasteiger charge is 2.26. The summed E-state index contributed by atoms with van der Waals surface area (Å²) in [4.78, 5) is 23.7. The number of Topliss-reactive ketones (excluding diaryl/α,β-unsaturated/α-hetero) is 1. The van der Waals surface area contributed by atoms with Crippen LogP contribution in [0.1, 0.15) is 25.8 Å². The van der Waals surface area contributed by atoms with E-state index in [0.29, 0.717) is 10.0 Å². The Hall–Kier alpha value is -1.92. The van der Waals surface area contributed by atoms with Gasteiger partial charge in [-0.05, 0) is 61.6 Å². The lowest BCUT2D eigenvalue weighted by Gasteiger charge is -2.23. The van der Waals surface area contributed by atoms with Gasteiger partial charge in [-0.2, -0.15) is 0 Å². The molecule has 0 aliphatic rings. The Morgan fingerprint density at radius 2 is 1.68 bits per heavy atom. The van der Waals surface area contributed by atoms with E-state index in [1.165, 1.54) is 6.92 Å². The lowest BCUT2D eigenvalue weighted by Crippen LogP contribution is -2.48. The van der Waals surface area contributed by atoms with Crippen molar-refractivity contribution in [3.63, 3.8) is 0 Å². The Balaban J connectivity index is 2.33. The minimum atomic E-state index is -1.07. The van der Waals surface area contributed by atoms with E-state index in [0.717, 1.165) is 16.7 Å². The van der Waals surface area contributed by atoms with E-state index in [2.05, 4.69) is 5.32 Å². The zero-order valence-electron chi connectivity index (χ0n) is 15.7. The molecule has 0 radical (unpaired) electrons. The molecule has 0 aromatic heterocycles. The number of aliphatic hydroxyl groups excluding tert-OH is 1. The molecule has 7 heteroatoms. The molecule has 2 rings (SSSR count). The molecule has 28 heavy (non-hydrogen) atoms. The first kappa shape index (κ1) is 22.4. The summed E-state index contributed by atoms with van der Waals surface area (Å²) in [6.07, 6.45) is -0.430. The first-order chi connectivity index (χ1) is 13.2. The summed E-state index contributed by atoms with van der Waals surface area (Å²) in [6, 6.07) is 10.8. The van der Waals surface area contributed by atoms with Crippen molar-refractivity contribution in [3.05, 3.63) is 58.1 Å². The number of halogens is 2. The van der Waals surface area contributed by atoms with E-state index in [9.17, 15) is 19.8 Å². The van der Waals surface area contributed by atoms with Gasteiger partial charge >= 0.3 is 5.97 Å². The van der Waals surface area contributed by atoms with E-state index < -0.39 is 24.2 Å². The fraction of sp³-hybridized carbons (Fsp3) is 0.333. The maximum atomic E-state index is 11.9. The summed E-state index contributed by atoms with van der Waals surface area (Å²) in [5.41, 5.74) is 2.37. The number of aliphatic hydroxyl groups is 1. The first-order valence-electron chi connectivity index (χ1n) is 8.89. The second-order valence-electron chi connectivity index (χ2n) is 6.82. The average Bonchev–Trinajstić information content (AvgIpc) is 2.59. The highest BCUT2D eigenvalue weighted by Crippen LogP contribution is 2.30. The van der Waals surface area contributed by atoms with E-state index in [4.69, 9.17) is 23.2 Å². The number of ketones is 1. The average molecular weight is 424 g/mol. The van der Waals surface area contributed by atoms with Crippen LogP contribution in [0.15, 0.2) is 42.5 Å². The van der Waals surface area contributed by atoms with Crippen LogP contribution in [0.5, 0.6) is 0 Å². The lowest BCUT2D eigenvalue weighted by molar-refractivity contribution is -0.140. The molecule has 0 amide bonds. The van der Waals surface area contributed by atoms with Crippen molar-refractivity contribution in [2.24, 2.45) is 0 Å². The van der Waals surface area contributed by atoms with E-state index in [1.807, 2.05) is 24.3 Å². The number of hydrogen-bond donors (Lipinski definition) is 3. The van der Waals surface area contributed by atoms with E-state index in [-0.39, 0.29) is 18.6 Å². The fourth-order valence-electron chi connectivity index (χ4n) is 3.06. The van der Waals surface area contributed by atoms with Gasteiger partial charge < -0.3 is 10.2 Å². The molecule has 0 aliphatic heterocycles. The highest BCUT2D eigenvalue weighted by molar-refractivity contribution is 6.35. The van der Waals surface area contributed by atoms with Crippen LogP contribution < -0.4 is 5.32 Å². The van der Waals surface area contributed by atoms with Crippen LogP contribution in [0.4, 0.5) is 0 Å². The first-order valence-corrected chi connectivity index (χ1v) is 9.64. The summed E-state index contributed by atoms with van der Waals surface area (Å²) >= 11 is 12.2. The Morgan fingerprint density at radius 1 is 1.07 bits per heavy atom. The number of nitrogens with one attached hydrogen (secondary N) is 1. The molecule has 0 spiro atoms. The number of aliphatic carboxylic acids is 1. The predicted octanol–water partition coefficient (Wildman–Crippen LogP) is 3.97. The summed E-state index contributed by atoms with van der Waals surface area (Å²) in [5.74, 6) is -1.29. The number of carboxylic acid groups (broad SMARTS) is 1. The molecule has 0 fully saturated rings. The normalized spacial score (nSPS) is 14.3. The SMILES string of the molecule is CC(=O)[C@H](CC(C)O)N[C@@H](Cc1ccccc1-c1cc(Cl)cc(Cl)c1)C(=O)O. The second kappa shape index (κ2) is 10.0. The van der Waals surface area contributed by atoms with Gasteiger partial charge in [0.25, 0.3) is 0 Å². The van der Waals surface area contributed by atoms with Gasteiger partial charge in [0.05, 0.1) is 12.1 Å². The van der Waals surface area contributed by atoms with Crippen LogP contribution in [0.25, 0.3) is 11.1 Å². The number of hydrogen-bond acceptors (Lipinski definition) is 4. The van der Waals surface area contributed by atoms with Crippen LogP contribution >= 0.6 is 23.2 Å². The van der Waals surface area contributed by atoms with Gasteiger partial charge in [0, 0.05) is 10.0 Å². The van der Waals surface area contributed by atoms with Crippen LogP contribution in [-0.2, 0) is 16.0 Å². The van der Waals surface area contributed by atoms with Crippen molar-refractivity contribution >= 4 is 35.0 Å². The van der Waals surface area contributed by atoms with Crippen LogP contribution in [-0.4, -0.2) is 40.2 Å². The molecule has 0 aliphatic carbocycles. The number of carbonyl (C=O) groups is 2. The Kier molecular flexibility index (Phi) is 8.01. The van der Waals surface area contributed by atoms with Gasteiger partial charge in [-0.3, -0.25) is 14.9 Å². The summed E-state index contributed by atoms with van der Waals surface area (Å²) < 4.78 is 0. The third kappa shape index (κ3) is 6.31. The minimum Gasteiger partial charge on any atom is -0.480 e. The van der Waals surface area contributed by atoms with E-state index >= 15 is 0 Å². The highest BCUT2D eigenvalue weighted by atomic mass is 35.5. The van der Waals surface area contributed by atoms with Crippen molar-refractivity contribution in [1.82, 2.24) is 5.32 Å². The Labute approximate surface area is 174 Å². The molecule has 1 unspecified atom stereocenters. The molecule has 0 saturated carbocycles. The largest absolute Gasteiger partial charge is 0.480 e. The van der Waals surface area contributed by atoms with Gasteiger partial charge in [-0.15, -0.1) is 0 Å². The molecule has 0 bridgehead atoms. The summed E-state index contributed by atoms with van der Waals surface area (Å²) in [5, 5.41) is 23.1. The molecule has 3 N–H and O–H groups in total. The number of rotatable bonds is 9. The molecular formula is C21H23Cl2NO4. The molecule has 2 aromatic carbocycles. The maximum absolute atomic E-state index is 11.9. The zero-order valence-corrected chi connectivity index (χ0v) is 17.2. The summed E-state index contributed by atoms with van der Waals surface area (Å²) in [6.45, 7) is 2.94. The van der Waals surface area contributed by atoms with Gasteiger partial charge in [0.2, 0.25) is 0 Å². The third-order valence-electron chi connectivity index (χ3n) is 4.38. The van der Waals surface area contributed by atoms with Crippen molar-refractivity contribution in [1.29, 1.82) is 0 Å². The molecular weight excluding hydrogens is 401 g/mol. The van der Waals surface area contributed by atoms with E-state index in [1.54, 1.807) is 25.1 Å². The molecule has 0 heterocycles. The number of benzene rings is 2. The topological polar surface area (TPSA) is 86.6 Å². The molecule has 5 nitrogen and oxygen atoms in total. The van der Waals surface area contributed by atoms with Crippen molar-refractivity contribution in [3.8, 4) is 11.1 Å². The monoisotopic (exact) mass is 423 g/mol. The van der Waals surface area contributed by atoms with Gasteiger partial charge in [0.15, 0.2) is 0 Å². The second-order valence-corrected chi connectivity index (χ2v) is 7.70. The van der Waals surface area contributed by atoms with Gasteiger partial charge in [-0.1, -0.05) is 47.5 Å². The maximum Gasteiger partial charge on any atom is 0.321 e. The van der Waals surface area contributed by atoms with Crippen molar-refractivity contribution in [2.75, 3.05) is 0 Å². The molecule has 3 atom stereocenters. The fourth-order valence-corrected chi connectivity index (χ4v) is 3.59. The smallest absolute Gasteiger partial charge is 0.321 e. The van der Waals surface area contributed by atoms with Crippen LogP contribution in [0, 0.1) is 0 Å². The van der Waals surface area contributed by atoms with Crippen molar-refractivity contribution < 1.29 is 19.8 Å². The van der Waals surface area contributed by atoms with Gasteiger partial charge in [0.1, 0.15) is 11.8 Å². The molecule has 0 saturated heterocycles. The molecule has 2 aromatic rings. The minimum absolute atomic E-state index is 0.144. The summed E-state index contributed by atoms with van der Waals surface area (Å²) in [7, 11) is 0. The zero-order chi connectivity index (χ0) is 20.8. The van der Waals surface area contributed by atoms with Gasteiger partial charge in [-0.25, -0.2) is 0 Å². The quantitative estimate of drug-likeness (QED) is 0.567.